The number of aliphatic hydroxyl groups excluding tert-OH is 1. The lowest BCUT2D eigenvalue weighted by atomic mass is 10.1. The number of fused-ring (bicyclic) bond motifs is 1. The van der Waals surface area contributed by atoms with Gasteiger partial charge in [-0.2, -0.15) is 0 Å². The molecule has 0 spiro atoms. The molecule has 0 saturated carbocycles. The number of carbonyl (C=O) groups is 1. The van der Waals surface area contributed by atoms with Crippen molar-refractivity contribution >= 4 is 17.0 Å². The minimum absolute atomic E-state index is 0.184. The molecule has 1 heterocycles. The normalized spacial score (nSPS) is 12.3. The molecule has 26 heavy (non-hydrogen) atoms. The van der Waals surface area contributed by atoms with E-state index in [1.807, 2.05) is 30.3 Å². The highest BCUT2D eigenvalue weighted by atomic mass is 16.5. The Balaban J connectivity index is 1.71. The Hall–Kier alpha value is -2.70. The quantitative estimate of drug-likeness (QED) is 0.706. The van der Waals surface area contributed by atoms with E-state index < -0.39 is 6.10 Å². The molecule has 3 rings (SSSR count). The van der Waals surface area contributed by atoms with Gasteiger partial charge in [-0.1, -0.05) is 30.3 Å². The maximum atomic E-state index is 12.7. The van der Waals surface area contributed by atoms with Crippen molar-refractivity contribution in [3.05, 3.63) is 65.5 Å². The molecule has 0 aliphatic carbocycles. The fraction of sp³-hybridized carbons (Fsp3) is 0.300. The second kappa shape index (κ2) is 8.12. The molecule has 6 heteroatoms. The molecule has 0 saturated heterocycles. The first-order valence-electron chi connectivity index (χ1n) is 8.45. The van der Waals surface area contributed by atoms with Gasteiger partial charge in [0.2, 0.25) is 0 Å². The van der Waals surface area contributed by atoms with Crippen molar-refractivity contribution in [3.8, 4) is 0 Å². The lowest BCUT2D eigenvalue weighted by molar-refractivity contribution is 0.0681. The van der Waals surface area contributed by atoms with Crippen LogP contribution in [0.1, 0.15) is 27.9 Å². The third-order valence-electron chi connectivity index (χ3n) is 4.18. The van der Waals surface area contributed by atoms with Crippen LogP contribution in [0.2, 0.25) is 0 Å². The zero-order valence-corrected chi connectivity index (χ0v) is 14.9. The summed E-state index contributed by atoms with van der Waals surface area (Å²) >= 11 is 0. The number of ether oxygens (including phenoxy) is 1. The SMILES string of the molecule is COCCc1nc2ccc(C(=O)N(C)C[C@H](O)c3ccccc3)cc2o1. The van der Waals surface area contributed by atoms with Gasteiger partial charge in [-0.05, 0) is 23.8 Å². The van der Waals surface area contributed by atoms with Crippen LogP contribution in [0.15, 0.2) is 52.9 Å². The standard InChI is InChI=1S/C20H22N2O4/c1-22(13-17(23)14-6-4-3-5-7-14)20(24)15-8-9-16-18(12-15)26-19(21-16)10-11-25-2/h3-9,12,17,23H,10-11,13H2,1-2H3/t17-/m0/s1. The third kappa shape index (κ3) is 4.09. The Morgan fingerprint density at radius 1 is 1.27 bits per heavy atom. The molecule has 0 unspecified atom stereocenters. The van der Waals surface area contributed by atoms with Gasteiger partial charge in [-0.3, -0.25) is 4.79 Å². The van der Waals surface area contributed by atoms with Crippen molar-refractivity contribution in [1.82, 2.24) is 9.88 Å². The van der Waals surface area contributed by atoms with Crippen molar-refractivity contribution in [2.24, 2.45) is 0 Å². The van der Waals surface area contributed by atoms with Crippen LogP contribution in [0.4, 0.5) is 0 Å². The molecule has 2 aromatic carbocycles. The van der Waals surface area contributed by atoms with E-state index in [4.69, 9.17) is 9.15 Å². The maximum Gasteiger partial charge on any atom is 0.253 e. The van der Waals surface area contributed by atoms with Gasteiger partial charge in [0.05, 0.1) is 19.3 Å². The number of amides is 1. The minimum atomic E-state index is -0.736. The van der Waals surface area contributed by atoms with E-state index >= 15 is 0 Å². The summed E-state index contributed by atoms with van der Waals surface area (Å²) in [5.74, 6) is 0.399. The molecule has 1 amide bonds. The van der Waals surface area contributed by atoms with Gasteiger partial charge in [-0.25, -0.2) is 4.98 Å². The lowest BCUT2D eigenvalue weighted by Crippen LogP contribution is -2.31. The van der Waals surface area contributed by atoms with E-state index in [1.54, 1.807) is 32.4 Å². The number of hydrogen-bond donors (Lipinski definition) is 1. The summed E-state index contributed by atoms with van der Waals surface area (Å²) in [5.41, 5.74) is 2.55. The first kappa shape index (κ1) is 18.1. The van der Waals surface area contributed by atoms with E-state index in [0.717, 1.165) is 5.56 Å². The Morgan fingerprint density at radius 2 is 2.04 bits per heavy atom. The van der Waals surface area contributed by atoms with Gasteiger partial charge in [0.1, 0.15) is 5.52 Å². The van der Waals surface area contributed by atoms with Gasteiger partial charge in [-0.15, -0.1) is 0 Å². The van der Waals surface area contributed by atoms with Crippen molar-refractivity contribution in [3.63, 3.8) is 0 Å². The summed E-state index contributed by atoms with van der Waals surface area (Å²) in [7, 11) is 3.29. The smallest absolute Gasteiger partial charge is 0.253 e. The third-order valence-corrected chi connectivity index (χ3v) is 4.18. The van der Waals surface area contributed by atoms with Crippen LogP contribution in [0, 0.1) is 0 Å². The maximum absolute atomic E-state index is 12.7. The molecule has 1 N–H and O–H groups in total. The number of benzene rings is 2. The molecule has 1 atom stereocenters. The summed E-state index contributed by atoms with van der Waals surface area (Å²) in [6, 6.07) is 14.5. The number of methoxy groups -OCH3 is 1. The monoisotopic (exact) mass is 354 g/mol. The minimum Gasteiger partial charge on any atom is -0.441 e. The van der Waals surface area contributed by atoms with Crippen LogP contribution in [-0.2, 0) is 11.2 Å². The molecule has 0 aliphatic heterocycles. The first-order valence-corrected chi connectivity index (χ1v) is 8.45. The van der Waals surface area contributed by atoms with Crippen LogP contribution in [-0.4, -0.2) is 48.2 Å². The number of hydrogen-bond acceptors (Lipinski definition) is 5. The van der Waals surface area contributed by atoms with Gasteiger partial charge in [0.15, 0.2) is 11.5 Å². The zero-order chi connectivity index (χ0) is 18.5. The van der Waals surface area contributed by atoms with Crippen LogP contribution in [0.25, 0.3) is 11.1 Å². The lowest BCUT2D eigenvalue weighted by Gasteiger charge is -2.21. The summed E-state index contributed by atoms with van der Waals surface area (Å²) < 4.78 is 10.7. The van der Waals surface area contributed by atoms with E-state index in [-0.39, 0.29) is 12.5 Å². The largest absolute Gasteiger partial charge is 0.441 e. The Kier molecular flexibility index (Phi) is 5.65. The predicted octanol–water partition coefficient (Wildman–Crippen LogP) is 2.82. The Bertz CT molecular complexity index is 876. The number of likely N-dealkylation sites (N-methyl/N-ethyl adjacent to an activating group) is 1. The number of aromatic nitrogens is 1. The second-order valence-corrected chi connectivity index (χ2v) is 6.15. The van der Waals surface area contributed by atoms with Crippen LogP contribution in [0.5, 0.6) is 0 Å². The number of rotatable bonds is 7. The molecule has 1 aromatic heterocycles. The van der Waals surface area contributed by atoms with E-state index in [9.17, 15) is 9.90 Å². The molecule has 0 radical (unpaired) electrons. The van der Waals surface area contributed by atoms with Crippen molar-refractivity contribution in [2.75, 3.05) is 27.3 Å². The van der Waals surface area contributed by atoms with Gasteiger partial charge < -0.3 is 19.2 Å². The van der Waals surface area contributed by atoms with Crippen molar-refractivity contribution in [2.45, 2.75) is 12.5 Å². The molecular formula is C20H22N2O4. The molecule has 6 nitrogen and oxygen atoms in total. The number of carbonyl (C=O) groups excluding carboxylic acids is 1. The number of nitrogens with zero attached hydrogens (tertiary/aromatic N) is 2. The fourth-order valence-corrected chi connectivity index (χ4v) is 2.74. The first-order chi connectivity index (χ1) is 12.6. The van der Waals surface area contributed by atoms with Crippen LogP contribution in [0.3, 0.4) is 0 Å². The molecule has 0 aliphatic rings. The molecule has 3 aromatic rings. The highest BCUT2D eigenvalue weighted by Crippen LogP contribution is 2.20. The topological polar surface area (TPSA) is 75.8 Å². The van der Waals surface area contributed by atoms with E-state index in [1.165, 1.54) is 4.90 Å². The average Bonchev–Trinajstić information content (AvgIpc) is 3.08. The van der Waals surface area contributed by atoms with E-state index in [2.05, 4.69) is 4.98 Å². The van der Waals surface area contributed by atoms with Gasteiger partial charge >= 0.3 is 0 Å². The number of oxazole rings is 1. The molecule has 0 bridgehead atoms. The van der Waals surface area contributed by atoms with Crippen LogP contribution >= 0.6 is 0 Å². The second-order valence-electron chi connectivity index (χ2n) is 6.15. The summed E-state index contributed by atoms with van der Waals surface area (Å²) in [6.07, 6.45) is -0.155. The average molecular weight is 354 g/mol. The molecule has 136 valence electrons. The molecule has 0 fully saturated rings. The Labute approximate surface area is 152 Å². The van der Waals surface area contributed by atoms with Crippen molar-refractivity contribution in [1.29, 1.82) is 0 Å². The molecular weight excluding hydrogens is 332 g/mol. The zero-order valence-electron chi connectivity index (χ0n) is 14.9. The van der Waals surface area contributed by atoms with Crippen molar-refractivity contribution < 1.29 is 19.1 Å². The highest BCUT2D eigenvalue weighted by Gasteiger charge is 2.18. The predicted molar refractivity (Wildman–Crippen MR) is 98.0 cm³/mol. The Morgan fingerprint density at radius 3 is 2.77 bits per heavy atom. The highest BCUT2D eigenvalue weighted by molar-refractivity contribution is 5.96. The summed E-state index contributed by atoms with van der Waals surface area (Å²) in [5, 5.41) is 10.3. The summed E-state index contributed by atoms with van der Waals surface area (Å²) in [6.45, 7) is 0.731. The summed E-state index contributed by atoms with van der Waals surface area (Å²) in [4.78, 5) is 18.5. The van der Waals surface area contributed by atoms with Gasteiger partial charge in [0.25, 0.3) is 5.91 Å². The fourth-order valence-electron chi connectivity index (χ4n) is 2.74. The van der Waals surface area contributed by atoms with Crippen LogP contribution < -0.4 is 0 Å². The number of aliphatic hydroxyl groups is 1. The van der Waals surface area contributed by atoms with Gasteiger partial charge in [0, 0.05) is 26.1 Å². The van der Waals surface area contributed by atoms with E-state index in [0.29, 0.717) is 35.6 Å².